The summed E-state index contributed by atoms with van der Waals surface area (Å²) < 4.78 is 32.8. The molecule has 1 fully saturated rings. The molecule has 0 unspecified atom stereocenters. The van der Waals surface area contributed by atoms with Crippen molar-refractivity contribution in [1.82, 2.24) is 9.03 Å². The minimum absolute atomic E-state index is 0.0564. The Morgan fingerprint density at radius 2 is 2.12 bits per heavy atom. The van der Waals surface area contributed by atoms with Crippen molar-refractivity contribution in [2.75, 3.05) is 26.2 Å². The highest BCUT2D eigenvalue weighted by Gasteiger charge is 2.36. The summed E-state index contributed by atoms with van der Waals surface area (Å²) in [7, 11) is -5.16. The number of carbonyl (C=O) groups excluding carboxylic acids is 1. The molecule has 24 heavy (non-hydrogen) atoms. The molecule has 0 bridgehead atoms. The maximum atomic E-state index is 12.3. The van der Waals surface area contributed by atoms with Crippen molar-refractivity contribution in [3.8, 4) is 0 Å². The van der Waals surface area contributed by atoms with E-state index in [0.29, 0.717) is 12.8 Å². The fraction of sp³-hybridized carbons (Fsp3) is 0.917. The molecule has 0 saturated carbocycles. The van der Waals surface area contributed by atoms with Gasteiger partial charge in [0.1, 0.15) is 6.04 Å². The highest BCUT2D eigenvalue weighted by molar-refractivity contribution is 7.87. The zero-order valence-corrected chi connectivity index (χ0v) is 14.6. The number of rotatable bonds is 10. The monoisotopic (exact) mass is 366 g/mol. The van der Waals surface area contributed by atoms with Crippen LogP contribution in [0.25, 0.3) is 0 Å². The molecule has 1 saturated heterocycles. The maximum Gasteiger partial charge on any atom is 0.451 e. The highest BCUT2D eigenvalue weighted by Crippen LogP contribution is 2.23. The highest BCUT2D eigenvalue weighted by atomic mass is 32.2. The van der Waals surface area contributed by atoms with Crippen LogP contribution in [-0.2, 0) is 19.7 Å². The van der Waals surface area contributed by atoms with Crippen molar-refractivity contribution in [3.63, 3.8) is 0 Å². The third kappa shape index (κ3) is 6.63. The Morgan fingerprint density at radius 1 is 1.46 bits per heavy atom. The first kappa shape index (κ1) is 21.3. The van der Waals surface area contributed by atoms with E-state index in [1.807, 2.05) is 0 Å². The van der Waals surface area contributed by atoms with Gasteiger partial charge in [-0.15, -0.1) is 0 Å². The molecule has 1 heterocycles. The normalized spacial score (nSPS) is 23.2. The molecular weight excluding hydrogens is 339 g/mol. The fourth-order valence-electron chi connectivity index (χ4n) is 2.54. The van der Waals surface area contributed by atoms with Crippen molar-refractivity contribution in [3.05, 3.63) is 0 Å². The Morgan fingerprint density at radius 3 is 2.71 bits per heavy atom. The first-order chi connectivity index (χ1) is 11.2. The second-order valence-corrected chi connectivity index (χ2v) is 7.62. The van der Waals surface area contributed by atoms with Crippen molar-refractivity contribution in [2.45, 2.75) is 38.2 Å². The first-order valence-electron chi connectivity index (χ1n) is 7.96. The SMILES string of the molecule is CCOC(=O)[C@@H](N)CNS(=O)(=O)N1C[C@H](CCCB(O)O)[C@@H](N)C1. The van der Waals surface area contributed by atoms with Crippen LogP contribution in [0.3, 0.4) is 0 Å². The van der Waals surface area contributed by atoms with Crippen molar-refractivity contribution >= 4 is 23.3 Å². The minimum atomic E-state index is -3.79. The molecule has 0 aromatic carbocycles. The van der Waals surface area contributed by atoms with Gasteiger partial charge in [-0.1, -0.05) is 6.42 Å². The van der Waals surface area contributed by atoms with Crippen molar-refractivity contribution in [2.24, 2.45) is 17.4 Å². The molecule has 0 spiro atoms. The zero-order valence-electron chi connectivity index (χ0n) is 13.8. The van der Waals surface area contributed by atoms with Crippen molar-refractivity contribution < 1.29 is 28.0 Å². The standard InChI is InChI=1S/C12H27BN4O6S/c1-2-23-12(18)10(14)6-16-24(21,22)17-7-9(11(15)8-17)4-3-5-13(19)20/h9-11,16,19-20H,2-8,14-15H2,1H3/t9-,10-,11-/m0/s1. The average molecular weight is 366 g/mol. The number of esters is 1. The molecule has 1 aliphatic rings. The number of ether oxygens (including phenoxy) is 1. The Balaban J connectivity index is 2.48. The van der Waals surface area contributed by atoms with Crippen LogP contribution in [0.1, 0.15) is 19.8 Å². The van der Waals surface area contributed by atoms with Crippen LogP contribution in [0.4, 0.5) is 0 Å². The van der Waals surface area contributed by atoms with Crippen LogP contribution in [0.5, 0.6) is 0 Å². The molecule has 12 heteroatoms. The lowest BCUT2D eigenvalue weighted by molar-refractivity contribution is -0.144. The summed E-state index contributed by atoms with van der Waals surface area (Å²) in [6, 6.07) is -1.39. The molecule has 0 amide bonds. The quantitative estimate of drug-likeness (QED) is 0.204. The smallest absolute Gasteiger partial charge is 0.451 e. The van der Waals surface area contributed by atoms with Crippen LogP contribution in [0.15, 0.2) is 0 Å². The Labute approximate surface area is 142 Å². The van der Waals surface area contributed by atoms with E-state index in [0.717, 1.165) is 0 Å². The van der Waals surface area contributed by atoms with E-state index >= 15 is 0 Å². The summed E-state index contributed by atoms with van der Waals surface area (Å²) in [6.07, 6.45) is 1.38. The van der Waals surface area contributed by atoms with E-state index in [-0.39, 0.29) is 44.5 Å². The molecule has 140 valence electrons. The summed E-state index contributed by atoms with van der Waals surface area (Å²) in [5.41, 5.74) is 11.5. The van der Waals surface area contributed by atoms with Crippen LogP contribution >= 0.6 is 0 Å². The predicted octanol–water partition coefficient (Wildman–Crippen LogP) is -2.78. The van der Waals surface area contributed by atoms with Gasteiger partial charge in [-0.2, -0.15) is 17.4 Å². The van der Waals surface area contributed by atoms with Gasteiger partial charge in [0.2, 0.25) is 0 Å². The number of hydrogen-bond donors (Lipinski definition) is 5. The van der Waals surface area contributed by atoms with Crippen LogP contribution in [0, 0.1) is 5.92 Å². The van der Waals surface area contributed by atoms with E-state index in [9.17, 15) is 13.2 Å². The van der Waals surface area contributed by atoms with Gasteiger partial charge in [-0.25, -0.2) is 0 Å². The molecule has 3 atom stereocenters. The second-order valence-electron chi connectivity index (χ2n) is 5.86. The van der Waals surface area contributed by atoms with E-state index in [1.54, 1.807) is 6.92 Å². The fourth-order valence-corrected chi connectivity index (χ4v) is 3.87. The lowest BCUT2D eigenvalue weighted by Gasteiger charge is -2.18. The Kier molecular flexibility index (Phi) is 8.57. The molecule has 0 aromatic heterocycles. The third-order valence-corrected chi connectivity index (χ3v) is 5.42. The Hall–Kier alpha value is -0.755. The maximum absolute atomic E-state index is 12.3. The predicted molar refractivity (Wildman–Crippen MR) is 88.8 cm³/mol. The molecule has 1 aliphatic heterocycles. The number of hydrogen-bond acceptors (Lipinski definition) is 8. The largest absolute Gasteiger partial charge is 0.465 e. The second kappa shape index (κ2) is 9.66. The average Bonchev–Trinajstić information content (AvgIpc) is 2.87. The van der Waals surface area contributed by atoms with Gasteiger partial charge in [0, 0.05) is 25.7 Å². The summed E-state index contributed by atoms with van der Waals surface area (Å²) in [5.74, 6) is -0.724. The van der Waals surface area contributed by atoms with Gasteiger partial charge in [0.05, 0.1) is 6.61 Å². The van der Waals surface area contributed by atoms with Gasteiger partial charge in [-0.3, -0.25) is 4.79 Å². The number of nitrogens with one attached hydrogen (secondary N) is 1. The summed E-state index contributed by atoms with van der Waals surface area (Å²) in [4.78, 5) is 11.4. The van der Waals surface area contributed by atoms with Gasteiger partial charge in [0.25, 0.3) is 10.2 Å². The molecule has 0 aromatic rings. The van der Waals surface area contributed by atoms with Gasteiger partial charge < -0.3 is 26.3 Å². The van der Waals surface area contributed by atoms with E-state index < -0.39 is 29.3 Å². The van der Waals surface area contributed by atoms with E-state index in [4.69, 9.17) is 26.3 Å². The van der Waals surface area contributed by atoms with Crippen LogP contribution in [0.2, 0.25) is 6.32 Å². The van der Waals surface area contributed by atoms with Crippen molar-refractivity contribution in [1.29, 1.82) is 0 Å². The molecule has 10 nitrogen and oxygen atoms in total. The molecule has 0 radical (unpaired) electrons. The summed E-state index contributed by atoms with van der Waals surface area (Å²) in [5, 5.41) is 17.7. The van der Waals surface area contributed by atoms with Crippen LogP contribution < -0.4 is 16.2 Å². The van der Waals surface area contributed by atoms with E-state index in [2.05, 4.69) is 4.72 Å². The Bertz CT molecular complexity index is 506. The number of nitrogens with two attached hydrogens (primary N) is 2. The number of nitrogens with zero attached hydrogens (tertiary/aromatic N) is 1. The molecule has 7 N–H and O–H groups in total. The first-order valence-corrected chi connectivity index (χ1v) is 9.40. The summed E-state index contributed by atoms with van der Waals surface area (Å²) >= 11 is 0. The third-order valence-electron chi connectivity index (χ3n) is 3.91. The number of carbonyl (C=O) groups is 1. The summed E-state index contributed by atoms with van der Waals surface area (Å²) in [6.45, 7) is 1.96. The molecule has 1 rings (SSSR count). The topological polar surface area (TPSA) is 168 Å². The van der Waals surface area contributed by atoms with Crippen LogP contribution in [-0.4, -0.2) is 74.2 Å². The minimum Gasteiger partial charge on any atom is -0.465 e. The molecular formula is C12H27BN4O6S. The molecule has 0 aliphatic carbocycles. The lowest BCUT2D eigenvalue weighted by atomic mass is 9.82. The zero-order chi connectivity index (χ0) is 18.3. The lowest BCUT2D eigenvalue weighted by Crippen LogP contribution is -2.48. The van der Waals surface area contributed by atoms with Gasteiger partial charge >= 0.3 is 13.1 Å². The van der Waals surface area contributed by atoms with E-state index in [1.165, 1.54) is 4.31 Å². The van der Waals surface area contributed by atoms with Gasteiger partial charge in [-0.05, 0) is 25.6 Å². The van der Waals surface area contributed by atoms with Gasteiger partial charge in [0.15, 0.2) is 0 Å².